The third kappa shape index (κ3) is 4.49. The number of nitrogens with one attached hydrogen (secondary N) is 1. The molecular formula is C18H23N3O3S. The van der Waals surface area contributed by atoms with E-state index in [-0.39, 0.29) is 5.91 Å². The summed E-state index contributed by atoms with van der Waals surface area (Å²) >= 11 is 1.45. The molecule has 134 valence electrons. The van der Waals surface area contributed by atoms with Crippen LogP contribution < -0.4 is 14.8 Å². The highest BCUT2D eigenvalue weighted by Gasteiger charge is 2.16. The van der Waals surface area contributed by atoms with Gasteiger partial charge in [-0.3, -0.25) is 15.0 Å². The molecule has 0 spiro atoms. The van der Waals surface area contributed by atoms with Crippen LogP contribution >= 0.6 is 11.3 Å². The van der Waals surface area contributed by atoms with Crippen LogP contribution in [0.1, 0.15) is 35.3 Å². The fraction of sp³-hybridized carbons (Fsp3) is 0.444. The third-order valence-electron chi connectivity index (χ3n) is 4.26. The fourth-order valence-electron chi connectivity index (χ4n) is 2.93. The van der Waals surface area contributed by atoms with Crippen LogP contribution in [0.4, 0.5) is 5.13 Å². The monoisotopic (exact) mass is 361 g/mol. The van der Waals surface area contributed by atoms with Crippen molar-refractivity contribution in [3.8, 4) is 11.5 Å². The summed E-state index contributed by atoms with van der Waals surface area (Å²) in [5.41, 5.74) is 1.46. The molecule has 0 unspecified atom stereocenters. The maximum absolute atomic E-state index is 12.5. The van der Waals surface area contributed by atoms with Crippen molar-refractivity contribution in [3.05, 3.63) is 34.8 Å². The van der Waals surface area contributed by atoms with Crippen LogP contribution in [0, 0.1) is 0 Å². The lowest BCUT2D eigenvalue weighted by Crippen LogP contribution is -2.29. The highest BCUT2D eigenvalue weighted by Crippen LogP contribution is 2.26. The molecule has 7 heteroatoms. The number of anilines is 1. The molecule has 0 bridgehead atoms. The van der Waals surface area contributed by atoms with Gasteiger partial charge in [0.05, 0.1) is 25.5 Å². The van der Waals surface area contributed by atoms with Crippen LogP contribution in [0.15, 0.2) is 23.6 Å². The Balaban J connectivity index is 1.65. The van der Waals surface area contributed by atoms with Crippen molar-refractivity contribution in [1.29, 1.82) is 0 Å². The number of hydrogen-bond acceptors (Lipinski definition) is 6. The Bertz CT molecular complexity index is 726. The fourth-order valence-corrected chi connectivity index (χ4v) is 3.63. The Labute approximate surface area is 151 Å². The lowest BCUT2D eigenvalue weighted by molar-refractivity contribution is 0.102. The van der Waals surface area contributed by atoms with Crippen molar-refractivity contribution >= 4 is 22.4 Å². The van der Waals surface area contributed by atoms with Gasteiger partial charge in [0.2, 0.25) is 0 Å². The Morgan fingerprint density at radius 2 is 2.04 bits per heavy atom. The molecule has 0 atom stereocenters. The molecule has 3 rings (SSSR count). The van der Waals surface area contributed by atoms with E-state index in [0.717, 1.165) is 25.3 Å². The van der Waals surface area contributed by atoms with E-state index in [9.17, 15) is 4.79 Å². The average Bonchev–Trinajstić information content (AvgIpc) is 3.08. The molecule has 25 heavy (non-hydrogen) atoms. The number of hydrogen-bond donors (Lipinski definition) is 1. The van der Waals surface area contributed by atoms with Crippen molar-refractivity contribution < 1.29 is 14.3 Å². The number of likely N-dealkylation sites (tertiary alicyclic amines) is 1. The number of methoxy groups -OCH3 is 2. The van der Waals surface area contributed by atoms with E-state index in [2.05, 4.69) is 15.2 Å². The van der Waals surface area contributed by atoms with Gasteiger partial charge in [-0.25, -0.2) is 4.98 Å². The summed E-state index contributed by atoms with van der Waals surface area (Å²) in [6.07, 6.45) is 3.83. The van der Waals surface area contributed by atoms with Crippen LogP contribution in [-0.2, 0) is 6.54 Å². The van der Waals surface area contributed by atoms with Crippen molar-refractivity contribution in [2.75, 3.05) is 32.6 Å². The molecule has 1 aliphatic heterocycles. The summed E-state index contributed by atoms with van der Waals surface area (Å²) in [5, 5.41) is 5.47. The zero-order valence-corrected chi connectivity index (χ0v) is 15.4. The minimum Gasteiger partial charge on any atom is -0.497 e. The largest absolute Gasteiger partial charge is 0.497 e. The lowest BCUT2D eigenvalue weighted by Gasteiger charge is -2.25. The first-order valence-electron chi connectivity index (χ1n) is 8.39. The topological polar surface area (TPSA) is 63.7 Å². The molecule has 2 heterocycles. The summed E-state index contributed by atoms with van der Waals surface area (Å²) in [5.74, 6) is 0.881. The summed E-state index contributed by atoms with van der Waals surface area (Å²) in [6.45, 7) is 3.10. The van der Waals surface area contributed by atoms with Crippen LogP contribution in [0.5, 0.6) is 11.5 Å². The standard InChI is InChI=1S/C18H23N3O3S/c1-23-14-6-7-15(16(10-14)24-2)17(22)20-18-19-13(12-25-18)11-21-8-4-3-5-9-21/h6-7,10,12H,3-5,8-9,11H2,1-2H3,(H,19,20,22). The maximum Gasteiger partial charge on any atom is 0.261 e. The first-order valence-corrected chi connectivity index (χ1v) is 9.27. The number of ether oxygens (including phenoxy) is 2. The second-order valence-electron chi connectivity index (χ2n) is 6.00. The number of aromatic nitrogens is 1. The van der Waals surface area contributed by atoms with E-state index in [1.54, 1.807) is 25.3 Å². The first-order chi connectivity index (χ1) is 12.2. The average molecular weight is 361 g/mol. The van der Waals surface area contributed by atoms with Crippen molar-refractivity contribution in [3.63, 3.8) is 0 Å². The number of nitrogens with zero attached hydrogens (tertiary/aromatic N) is 2. The Morgan fingerprint density at radius 3 is 2.76 bits per heavy atom. The normalized spacial score (nSPS) is 15.0. The van der Waals surface area contributed by atoms with Gasteiger partial charge in [-0.15, -0.1) is 11.3 Å². The summed E-state index contributed by atoms with van der Waals surface area (Å²) in [6, 6.07) is 5.12. The predicted molar refractivity (Wildman–Crippen MR) is 98.7 cm³/mol. The second-order valence-corrected chi connectivity index (χ2v) is 6.86. The number of carbonyl (C=O) groups is 1. The van der Waals surface area contributed by atoms with E-state index in [0.29, 0.717) is 22.2 Å². The van der Waals surface area contributed by atoms with Crippen LogP contribution in [-0.4, -0.2) is 43.1 Å². The van der Waals surface area contributed by atoms with Gasteiger partial charge < -0.3 is 9.47 Å². The summed E-state index contributed by atoms with van der Waals surface area (Å²) < 4.78 is 10.4. The molecule has 1 N–H and O–H groups in total. The van der Waals surface area contributed by atoms with E-state index < -0.39 is 0 Å². The van der Waals surface area contributed by atoms with Gasteiger partial charge in [0.1, 0.15) is 11.5 Å². The summed E-state index contributed by atoms with van der Waals surface area (Å²) in [7, 11) is 3.11. The summed E-state index contributed by atoms with van der Waals surface area (Å²) in [4.78, 5) is 19.5. The van der Waals surface area contributed by atoms with E-state index in [4.69, 9.17) is 9.47 Å². The molecule has 1 aliphatic rings. The van der Waals surface area contributed by atoms with Crippen molar-refractivity contribution in [2.45, 2.75) is 25.8 Å². The zero-order chi connectivity index (χ0) is 17.6. The van der Waals surface area contributed by atoms with Gasteiger partial charge in [-0.2, -0.15) is 0 Å². The molecule has 1 aromatic heterocycles. The Hall–Kier alpha value is -2.12. The highest BCUT2D eigenvalue weighted by atomic mass is 32.1. The van der Waals surface area contributed by atoms with Gasteiger partial charge in [0.15, 0.2) is 5.13 Å². The van der Waals surface area contributed by atoms with Crippen molar-refractivity contribution in [2.24, 2.45) is 0 Å². The van der Waals surface area contributed by atoms with Crippen molar-refractivity contribution in [1.82, 2.24) is 9.88 Å². The van der Waals surface area contributed by atoms with Gasteiger partial charge in [-0.1, -0.05) is 6.42 Å². The first kappa shape index (κ1) is 17.7. The quantitative estimate of drug-likeness (QED) is 0.854. The SMILES string of the molecule is COc1ccc(C(=O)Nc2nc(CN3CCCCC3)cs2)c(OC)c1. The second kappa shape index (κ2) is 8.31. The van der Waals surface area contributed by atoms with E-state index in [1.807, 2.05) is 5.38 Å². The molecule has 6 nitrogen and oxygen atoms in total. The number of rotatable bonds is 6. The van der Waals surface area contributed by atoms with E-state index in [1.165, 1.54) is 37.7 Å². The molecule has 1 amide bonds. The molecule has 2 aromatic rings. The Kier molecular flexibility index (Phi) is 5.88. The molecule has 0 radical (unpaired) electrons. The zero-order valence-electron chi connectivity index (χ0n) is 14.6. The molecule has 1 fully saturated rings. The number of carbonyl (C=O) groups excluding carboxylic acids is 1. The highest BCUT2D eigenvalue weighted by molar-refractivity contribution is 7.14. The smallest absolute Gasteiger partial charge is 0.261 e. The van der Waals surface area contributed by atoms with Crippen LogP contribution in [0.3, 0.4) is 0 Å². The number of amides is 1. The molecule has 1 saturated heterocycles. The molecule has 0 saturated carbocycles. The number of thiazole rings is 1. The lowest BCUT2D eigenvalue weighted by atomic mass is 10.1. The Morgan fingerprint density at radius 1 is 1.24 bits per heavy atom. The van der Waals surface area contributed by atoms with Gasteiger partial charge >= 0.3 is 0 Å². The number of piperidine rings is 1. The van der Waals surface area contributed by atoms with Gasteiger partial charge in [-0.05, 0) is 38.1 Å². The van der Waals surface area contributed by atoms with Crippen LogP contribution in [0.2, 0.25) is 0 Å². The van der Waals surface area contributed by atoms with E-state index >= 15 is 0 Å². The third-order valence-corrected chi connectivity index (χ3v) is 5.07. The van der Waals surface area contributed by atoms with Gasteiger partial charge in [0.25, 0.3) is 5.91 Å². The maximum atomic E-state index is 12.5. The molecular weight excluding hydrogens is 338 g/mol. The van der Waals surface area contributed by atoms with Gasteiger partial charge in [0, 0.05) is 18.0 Å². The minimum atomic E-state index is -0.238. The minimum absolute atomic E-state index is 0.238. The number of benzene rings is 1. The van der Waals surface area contributed by atoms with Crippen LogP contribution in [0.25, 0.3) is 0 Å². The predicted octanol–water partition coefficient (Wildman–Crippen LogP) is 3.40. The molecule has 0 aliphatic carbocycles. The molecule has 1 aromatic carbocycles.